The van der Waals surface area contributed by atoms with Crippen LogP contribution in [0, 0.1) is 11.3 Å². The van der Waals surface area contributed by atoms with Crippen LogP contribution in [0.15, 0.2) is 54.6 Å². The zero-order chi connectivity index (χ0) is 20.2. The molecule has 29 heavy (non-hydrogen) atoms. The number of carbonyl (C=O) groups excluding carboxylic acids is 2. The van der Waals surface area contributed by atoms with Gasteiger partial charge in [-0.15, -0.1) is 11.3 Å². The monoisotopic (exact) mass is 402 g/mol. The molecule has 1 aliphatic carbocycles. The highest BCUT2D eigenvalue weighted by Gasteiger charge is 2.28. The normalized spacial score (nSPS) is 12.1. The van der Waals surface area contributed by atoms with Gasteiger partial charge in [-0.25, -0.2) is 4.79 Å². The fourth-order valence-corrected chi connectivity index (χ4v) is 4.70. The summed E-state index contributed by atoms with van der Waals surface area (Å²) in [6.45, 7) is 0.163. The first-order chi connectivity index (χ1) is 14.2. The van der Waals surface area contributed by atoms with Crippen LogP contribution in [-0.4, -0.2) is 11.9 Å². The predicted molar refractivity (Wildman–Crippen MR) is 111 cm³/mol. The lowest BCUT2D eigenvalue weighted by molar-refractivity contribution is 0.103. The standard InChI is InChI=1S/C23H18N2O3S/c24-13-15-9-11-17(12-10-15)21(26)20-18-7-4-8-19(18)29-22(20)25-23(27)28-14-16-5-2-1-3-6-16/h1-3,5-6,9-12H,4,7-8,14H2,(H,25,27). The molecule has 3 aromatic rings. The van der Waals surface area contributed by atoms with E-state index in [9.17, 15) is 9.59 Å². The smallest absolute Gasteiger partial charge is 0.412 e. The minimum absolute atomic E-state index is 0.146. The number of benzene rings is 2. The van der Waals surface area contributed by atoms with Crippen LogP contribution in [0.25, 0.3) is 0 Å². The molecule has 5 nitrogen and oxygen atoms in total. The van der Waals surface area contributed by atoms with Gasteiger partial charge in [-0.3, -0.25) is 10.1 Å². The Morgan fingerprint density at radius 2 is 1.83 bits per heavy atom. The van der Waals surface area contributed by atoms with E-state index in [4.69, 9.17) is 10.00 Å². The van der Waals surface area contributed by atoms with Crippen molar-refractivity contribution >= 4 is 28.2 Å². The largest absolute Gasteiger partial charge is 0.444 e. The number of thiophene rings is 1. The number of anilines is 1. The van der Waals surface area contributed by atoms with Crippen molar-refractivity contribution in [2.75, 3.05) is 5.32 Å². The van der Waals surface area contributed by atoms with Crippen LogP contribution in [0.4, 0.5) is 9.80 Å². The van der Waals surface area contributed by atoms with Gasteiger partial charge >= 0.3 is 6.09 Å². The summed E-state index contributed by atoms with van der Waals surface area (Å²) in [5.41, 5.74) is 3.45. The third-order valence-electron chi connectivity index (χ3n) is 4.85. The average Bonchev–Trinajstić information content (AvgIpc) is 3.33. The molecule has 0 bridgehead atoms. The Hall–Kier alpha value is -3.43. The van der Waals surface area contributed by atoms with Gasteiger partial charge in [0.2, 0.25) is 0 Å². The predicted octanol–water partition coefficient (Wildman–Crippen LogP) is 5.09. The summed E-state index contributed by atoms with van der Waals surface area (Å²) in [6.07, 6.45) is 2.16. The summed E-state index contributed by atoms with van der Waals surface area (Å²) in [5.74, 6) is -0.146. The number of aryl methyl sites for hydroxylation is 1. The van der Waals surface area contributed by atoms with E-state index in [0.29, 0.717) is 21.7 Å². The number of nitriles is 1. The minimum atomic E-state index is -0.581. The molecular formula is C23H18N2O3S. The summed E-state index contributed by atoms with van der Waals surface area (Å²) in [5, 5.41) is 12.3. The molecule has 6 heteroatoms. The molecule has 1 amide bonds. The molecule has 0 atom stereocenters. The number of hydrogen-bond donors (Lipinski definition) is 1. The van der Waals surface area contributed by atoms with Gasteiger partial charge in [-0.05, 0) is 54.7 Å². The molecule has 144 valence electrons. The number of rotatable bonds is 5. The second kappa shape index (κ2) is 8.29. The van der Waals surface area contributed by atoms with E-state index < -0.39 is 6.09 Å². The van der Waals surface area contributed by atoms with E-state index in [0.717, 1.165) is 35.3 Å². The molecule has 0 saturated heterocycles. The van der Waals surface area contributed by atoms with Crippen LogP contribution in [0.3, 0.4) is 0 Å². The lowest BCUT2D eigenvalue weighted by Gasteiger charge is -2.09. The van der Waals surface area contributed by atoms with Gasteiger partial charge in [-0.2, -0.15) is 5.26 Å². The van der Waals surface area contributed by atoms with Gasteiger partial charge in [0.05, 0.1) is 17.2 Å². The average molecular weight is 402 g/mol. The van der Waals surface area contributed by atoms with Gasteiger partial charge in [0.15, 0.2) is 5.78 Å². The van der Waals surface area contributed by atoms with E-state index in [1.54, 1.807) is 24.3 Å². The molecule has 0 unspecified atom stereocenters. The topological polar surface area (TPSA) is 79.2 Å². The Bertz CT molecular complexity index is 1100. The third-order valence-corrected chi connectivity index (χ3v) is 6.06. The van der Waals surface area contributed by atoms with Crippen LogP contribution >= 0.6 is 11.3 Å². The maximum Gasteiger partial charge on any atom is 0.412 e. The SMILES string of the molecule is N#Cc1ccc(C(=O)c2c(NC(=O)OCc3ccccc3)sc3c2CCC3)cc1. The number of amides is 1. The summed E-state index contributed by atoms with van der Waals surface area (Å²) >= 11 is 1.44. The van der Waals surface area contributed by atoms with Crippen molar-refractivity contribution in [3.05, 3.63) is 87.3 Å². The van der Waals surface area contributed by atoms with E-state index in [-0.39, 0.29) is 12.4 Å². The number of nitrogens with one attached hydrogen (secondary N) is 1. The molecular weight excluding hydrogens is 384 g/mol. The van der Waals surface area contributed by atoms with Gasteiger partial charge < -0.3 is 4.74 Å². The van der Waals surface area contributed by atoms with E-state index >= 15 is 0 Å². The van der Waals surface area contributed by atoms with Crippen molar-refractivity contribution in [1.29, 1.82) is 5.26 Å². The maximum absolute atomic E-state index is 13.2. The first-order valence-corrected chi connectivity index (χ1v) is 10.1. The highest BCUT2D eigenvalue weighted by molar-refractivity contribution is 7.17. The molecule has 1 aromatic heterocycles. The van der Waals surface area contributed by atoms with Crippen LogP contribution in [0.1, 0.15) is 43.9 Å². The molecule has 0 saturated carbocycles. The van der Waals surface area contributed by atoms with Crippen LogP contribution < -0.4 is 5.32 Å². The Balaban J connectivity index is 1.55. The lowest BCUT2D eigenvalue weighted by Crippen LogP contribution is -2.15. The Labute approximate surface area is 172 Å². The number of hydrogen-bond acceptors (Lipinski definition) is 5. The Morgan fingerprint density at radius 1 is 1.07 bits per heavy atom. The van der Waals surface area contributed by atoms with E-state index in [1.807, 2.05) is 30.3 Å². The molecule has 1 N–H and O–H groups in total. The minimum Gasteiger partial charge on any atom is -0.444 e. The highest BCUT2D eigenvalue weighted by Crippen LogP contribution is 2.40. The number of fused-ring (bicyclic) bond motifs is 1. The Morgan fingerprint density at radius 3 is 2.55 bits per heavy atom. The summed E-state index contributed by atoms with van der Waals surface area (Å²) in [7, 11) is 0. The molecule has 0 spiro atoms. The number of carbonyl (C=O) groups is 2. The van der Waals surface area contributed by atoms with Crippen LogP contribution in [0.2, 0.25) is 0 Å². The number of nitrogens with zero attached hydrogens (tertiary/aromatic N) is 1. The second-order valence-corrected chi connectivity index (χ2v) is 7.87. The molecule has 0 radical (unpaired) electrons. The van der Waals surface area contributed by atoms with Gasteiger partial charge in [0, 0.05) is 10.4 Å². The van der Waals surface area contributed by atoms with Crippen molar-refractivity contribution in [2.45, 2.75) is 25.9 Å². The zero-order valence-electron chi connectivity index (χ0n) is 15.6. The Kier molecular flexibility index (Phi) is 5.41. The fraction of sp³-hybridized carbons (Fsp3) is 0.174. The zero-order valence-corrected chi connectivity index (χ0v) is 16.4. The molecule has 4 rings (SSSR count). The molecule has 1 heterocycles. The number of ether oxygens (including phenoxy) is 1. The van der Waals surface area contributed by atoms with Crippen molar-refractivity contribution in [3.63, 3.8) is 0 Å². The first kappa shape index (κ1) is 18.9. The van der Waals surface area contributed by atoms with E-state index in [1.165, 1.54) is 11.3 Å². The maximum atomic E-state index is 13.2. The second-order valence-electron chi connectivity index (χ2n) is 6.77. The van der Waals surface area contributed by atoms with Gasteiger partial charge in [0.25, 0.3) is 0 Å². The van der Waals surface area contributed by atoms with Crippen molar-refractivity contribution < 1.29 is 14.3 Å². The summed E-state index contributed by atoms with van der Waals surface area (Å²) in [4.78, 5) is 26.7. The third kappa shape index (κ3) is 4.05. The molecule has 2 aromatic carbocycles. The first-order valence-electron chi connectivity index (χ1n) is 9.33. The van der Waals surface area contributed by atoms with Crippen LogP contribution in [-0.2, 0) is 24.2 Å². The van der Waals surface area contributed by atoms with Crippen molar-refractivity contribution in [1.82, 2.24) is 0 Å². The van der Waals surface area contributed by atoms with Gasteiger partial charge in [-0.1, -0.05) is 30.3 Å². The van der Waals surface area contributed by atoms with Crippen LogP contribution in [0.5, 0.6) is 0 Å². The molecule has 0 aliphatic heterocycles. The summed E-state index contributed by atoms with van der Waals surface area (Å²) in [6, 6.07) is 18.0. The highest BCUT2D eigenvalue weighted by atomic mass is 32.1. The van der Waals surface area contributed by atoms with Gasteiger partial charge in [0.1, 0.15) is 11.6 Å². The molecule has 0 fully saturated rings. The fourth-order valence-electron chi connectivity index (χ4n) is 3.42. The quantitative estimate of drug-likeness (QED) is 0.603. The van der Waals surface area contributed by atoms with Crippen molar-refractivity contribution in [3.8, 4) is 6.07 Å². The molecule has 1 aliphatic rings. The summed E-state index contributed by atoms with van der Waals surface area (Å²) < 4.78 is 5.31. The van der Waals surface area contributed by atoms with E-state index in [2.05, 4.69) is 11.4 Å². The van der Waals surface area contributed by atoms with Crippen molar-refractivity contribution in [2.24, 2.45) is 0 Å². The number of ketones is 1. The lowest BCUT2D eigenvalue weighted by atomic mass is 9.99.